The number of nitriles is 1. The third-order valence-corrected chi connectivity index (χ3v) is 6.10. The first-order valence-electron chi connectivity index (χ1n) is 11.9. The lowest BCUT2D eigenvalue weighted by Crippen LogP contribution is -2.50. The minimum Gasteiger partial charge on any atom is -0.405 e. The number of ketones is 1. The largest absolute Gasteiger partial charge is 0.573 e. The van der Waals surface area contributed by atoms with Crippen molar-refractivity contribution in [2.24, 2.45) is 11.8 Å². The Morgan fingerprint density at radius 3 is 2.64 bits per heavy atom. The number of carbonyl (C=O) groups is 3. The molecule has 194 valence electrons. The molecule has 3 rings (SSSR count). The summed E-state index contributed by atoms with van der Waals surface area (Å²) in [5.41, 5.74) is 0.211. The Labute approximate surface area is 206 Å². The van der Waals surface area contributed by atoms with Gasteiger partial charge in [-0.3, -0.25) is 14.4 Å². The number of H-pyrrole nitrogens is 1. The van der Waals surface area contributed by atoms with Crippen LogP contribution in [0.3, 0.4) is 0 Å². The number of amides is 2. The molecule has 1 heterocycles. The number of aromatic nitrogens is 1. The van der Waals surface area contributed by atoms with Crippen molar-refractivity contribution in [3.8, 4) is 11.8 Å². The molecule has 11 heteroatoms. The van der Waals surface area contributed by atoms with Crippen LogP contribution in [-0.2, 0) is 9.59 Å². The second kappa shape index (κ2) is 11.5. The number of hydrogen-bond acceptors (Lipinski definition) is 5. The van der Waals surface area contributed by atoms with E-state index in [1.54, 1.807) is 0 Å². The summed E-state index contributed by atoms with van der Waals surface area (Å²) in [6.07, 6.45) is -1.53. The first-order chi connectivity index (χ1) is 17.0. The number of halogens is 3. The maximum atomic E-state index is 13.0. The van der Waals surface area contributed by atoms with E-state index in [0.717, 1.165) is 18.9 Å². The Hall–Kier alpha value is -3.55. The van der Waals surface area contributed by atoms with Gasteiger partial charge in [-0.05, 0) is 49.8 Å². The molecule has 1 saturated carbocycles. The van der Waals surface area contributed by atoms with Gasteiger partial charge in [0.1, 0.15) is 29.3 Å². The Morgan fingerprint density at radius 1 is 1.25 bits per heavy atom. The zero-order valence-corrected chi connectivity index (χ0v) is 20.1. The van der Waals surface area contributed by atoms with E-state index in [2.05, 4.69) is 20.4 Å². The number of nitrogens with one attached hydrogen (secondary N) is 3. The highest BCUT2D eigenvalue weighted by atomic mass is 19.4. The lowest BCUT2D eigenvalue weighted by molar-refractivity contribution is -0.274. The van der Waals surface area contributed by atoms with E-state index in [1.807, 2.05) is 19.9 Å². The molecule has 1 aromatic heterocycles. The Kier molecular flexibility index (Phi) is 8.61. The third-order valence-electron chi connectivity index (χ3n) is 6.10. The van der Waals surface area contributed by atoms with Crippen molar-refractivity contribution in [1.29, 1.82) is 5.26 Å². The van der Waals surface area contributed by atoms with Gasteiger partial charge < -0.3 is 20.4 Å². The highest BCUT2D eigenvalue weighted by Gasteiger charge is 2.33. The van der Waals surface area contributed by atoms with E-state index in [4.69, 9.17) is 0 Å². The molecule has 3 atom stereocenters. The number of rotatable bonds is 9. The average molecular weight is 507 g/mol. The summed E-state index contributed by atoms with van der Waals surface area (Å²) in [6.45, 7) is 3.72. The number of Topliss-reactive ketones (excluding diaryl/α,β-unsaturated/α-hetero) is 1. The first kappa shape index (κ1) is 27.0. The fourth-order valence-electron chi connectivity index (χ4n) is 4.41. The maximum Gasteiger partial charge on any atom is 0.573 e. The first-order valence-corrected chi connectivity index (χ1v) is 11.9. The molecule has 36 heavy (non-hydrogen) atoms. The van der Waals surface area contributed by atoms with Gasteiger partial charge in [0, 0.05) is 23.2 Å². The summed E-state index contributed by atoms with van der Waals surface area (Å²) >= 11 is 0. The van der Waals surface area contributed by atoms with Gasteiger partial charge in [0.25, 0.3) is 5.91 Å². The summed E-state index contributed by atoms with van der Waals surface area (Å²) in [6, 6.07) is 5.37. The number of aromatic amines is 1. The van der Waals surface area contributed by atoms with Crippen LogP contribution in [0.2, 0.25) is 0 Å². The number of benzene rings is 1. The summed E-state index contributed by atoms with van der Waals surface area (Å²) < 4.78 is 42.2. The predicted octanol–water partition coefficient (Wildman–Crippen LogP) is 4.37. The van der Waals surface area contributed by atoms with Crippen LogP contribution in [0, 0.1) is 23.2 Å². The van der Waals surface area contributed by atoms with Crippen LogP contribution in [0.4, 0.5) is 13.2 Å². The molecule has 0 saturated heterocycles. The topological polar surface area (TPSA) is 124 Å². The molecular weight excluding hydrogens is 477 g/mol. The van der Waals surface area contributed by atoms with Crippen molar-refractivity contribution in [1.82, 2.24) is 15.6 Å². The maximum absolute atomic E-state index is 13.0. The molecule has 0 aliphatic heterocycles. The van der Waals surface area contributed by atoms with Crippen LogP contribution in [0.1, 0.15) is 62.9 Å². The Balaban J connectivity index is 1.73. The highest BCUT2D eigenvalue weighted by Crippen LogP contribution is 2.31. The third kappa shape index (κ3) is 7.23. The van der Waals surface area contributed by atoms with E-state index >= 15 is 0 Å². The van der Waals surface area contributed by atoms with Gasteiger partial charge in [-0.2, -0.15) is 5.26 Å². The molecular formula is C25H29F3N4O4. The predicted molar refractivity (Wildman–Crippen MR) is 125 cm³/mol. The number of alkyl halides is 3. The van der Waals surface area contributed by atoms with Gasteiger partial charge in [-0.1, -0.05) is 26.3 Å². The smallest absolute Gasteiger partial charge is 0.405 e. The van der Waals surface area contributed by atoms with Crippen LogP contribution >= 0.6 is 0 Å². The zero-order chi connectivity index (χ0) is 26.5. The van der Waals surface area contributed by atoms with E-state index in [0.29, 0.717) is 12.8 Å². The van der Waals surface area contributed by atoms with Crippen molar-refractivity contribution < 1.29 is 32.3 Å². The van der Waals surface area contributed by atoms with Crippen molar-refractivity contribution in [2.75, 3.05) is 0 Å². The number of fused-ring (bicyclic) bond motifs is 1. The molecule has 1 aliphatic carbocycles. The standard InChI is InChI=1S/C25H29F3N4O4/c1-14(2)10-19(23(34)30-16(13-29)11-15-6-3-4-8-21(15)33)32-24(35)20-12-17-18(31-20)7-5-9-22(17)36-25(26,27)28/h5,7,9,12,14-16,19,31H,3-4,6,8,10-11H2,1-2H3,(H,30,34)(H,32,35)/t15-,16-,19-/m0/s1. The van der Waals surface area contributed by atoms with Gasteiger partial charge in [0.15, 0.2) is 0 Å². The molecule has 3 N–H and O–H groups in total. The van der Waals surface area contributed by atoms with Gasteiger partial charge in [-0.25, -0.2) is 0 Å². The van der Waals surface area contributed by atoms with Crippen molar-refractivity contribution >= 4 is 28.5 Å². The molecule has 1 aromatic carbocycles. The number of carbonyl (C=O) groups excluding carboxylic acids is 3. The second-order valence-electron chi connectivity index (χ2n) is 9.44. The van der Waals surface area contributed by atoms with E-state index in [1.165, 1.54) is 18.2 Å². The van der Waals surface area contributed by atoms with Crippen LogP contribution in [-0.4, -0.2) is 41.0 Å². The molecule has 0 bridgehead atoms. The van der Waals surface area contributed by atoms with Crippen molar-refractivity contribution in [3.05, 3.63) is 30.0 Å². The molecule has 1 fully saturated rings. The van der Waals surface area contributed by atoms with Crippen molar-refractivity contribution in [2.45, 2.75) is 70.8 Å². The molecule has 2 amide bonds. The van der Waals surface area contributed by atoms with E-state index < -0.39 is 36.0 Å². The number of ether oxygens (including phenoxy) is 1. The Morgan fingerprint density at radius 2 is 2.00 bits per heavy atom. The average Bonchev–Trinajstić information content (AvgIpc) is 3.24. The summed E-state index contributed by atoms with van der Waals surface area (Å²) in [4.78, 5) is 40.8. The monoisotopic (exact) mass is 506 g/mol. The minimum absolute atomic E-state index is 0.0102. The minimum atomic E-state index is -4.89. The van der Waals surface area contributed by atoms with Gasteiger partial charge in [-0.15, -0.1) is 13.2 Å². The van der Waals surface area contributed by atoms with E-state index in [-0.39, 0.29) is 47.1 Å². The van der Waals surface area contributed by atoms with Gasteiger partial charge >= 0.3 is 6.36 Å². The summed E-state index contributed by atoms with van der Waals surface area (Å²) in [5, 5.41) is 14.9. The van der Waals surface area contributed by atoms with E-state index in [9.17, 15) is 32.8 Å². The fourth-order valence-corrected chi connectivity index (χ4v) is 4.41. The molecule has 0 spiro atoms. The van der Waals surface area contributed by atoms with Crippen LogP contribution in [0.15, 0.2) is 24.3 Å². The van der Waals surface area contributed by atoms with Crippen LogP contribution < -0.4 is 15.4 Å². The molecule has 1 aliphatic rings. The molecule has 0 unspecified atom stereocenters. The lowest BCUT2D eigenvalue weighted by atomic mass is 9.84. The highest BCUT2D eigenvalue weighted by molar-refractivity contribution is 6.01. The molecule has 0 radical (unpaired) electrons. The molecule has 8 nitrogen and oxygen atoms in total. The number of hydrogen-bond donors (Lipinski definition) is 3. The fraction of sp³-hybridized carbons (Fsp3) is 0.520. The van der Waals surface area contributed by atoms with Crippen molar-refractivity contribution in [3.63, 3.8) is 0 Å². The Bertz CT molecular complexity index is 1150. The number of nitrogens with zero attached hydrogens (tertiary/aromatic N) is 1. The van der Waals surface area contributed by atoms with Crippen LogP contribution in [0.25, 0.3) is 10.9 Å². The summed E-state index contributed by atoms with van der Waals surface area (Å²) in [7, 11) is 0. The van der Waals surface area contributed by atoms with Gasteiger partial charge in [0.2, 0.25) is 5.91 Å². The lowest BCUT2D eigenvalue weighted by Gasteiger charge is -2.25. The van der Waals surface area contributed by atoms with Gasteiger partial charge in [0.05, 0.1) is 6.07 Å². The second-order valence-corrected chi connectivity index (χ2v) is 9.44. The SMILES string of the molecule is CC(C)C[C@H](NC(=O)c1cc2c(OC(F)(F)F)cccc2[nH]1)C(=O)N[C@H](C#N)C[C@@H]1CCCCC1=O. The quantitative estimate of drug-likeness (QED) is 0.466. The van der Waals surface area contributed by atoms with Crippen LogP contribution in [0.5, 0.6) is 5.75 Å². The summed E-state index contributed by atoms with van der Waals surface area (Å²) in [5.74, 6) is -1.89. The normalized spacial score (nSPS) is 17.9. The molecule has 2 aromatic rings. The zero-order valence-electron chi connectivity index (χ0n) is 20.1.